The fourth-order valence-electron chi connectivity index (χ4n) is 3.21. The molecule has 1 heterocycles. The predicted molar refractivity (Wildman–Crippen MR) is 72.7 cm³/mol. The second kappa shape index (κ2) is 5.93. The Morgan fingerprint density at radius 1 is 1.21 bits per heavy atom. The molecular weight excluding hydrogens is 242 g/mol. The Hall–Kier alpha value is -1.06. The lowest BCUT2D eigenvalue weighted by molar-refractivity contribution is -0.142. The summed E-state index contributed by atoms with van der Waals surface area (Å²) >= 11 is 0. The molecule has 0 aromatic rings. The van der Waals surface area contributed by atoms with Crippen LogP contribution in [-0.4, -0.2) is 34.5 Å². The highest BCUT2D eigenvalue weighted by Crippen LogP contribution is 2.41. The summed E-state index contributed by atoms with van der Waals surface area (Å²) in [4.78, 5) is 25.4. The van der Waals surface area contributed by atoms with Crippen molar-refractivity contribution in [3.05, 3.63) is 0 Å². The van der Waals surface area contributed by atoms with Crippen LogP contribution in [0, 0.1) is 17.8 Å². The maximum Gasteiger partial charge on any atom is 0.307 e. The molecule has 1 saturated carbocycles. The van der Waals surface area contributed by atoms with Crippen molar-refractivity contribution in [2.45, 2.75) is 58.4 Å². The van der Waals surface area contributed by atoms with E-state index in [1.54, 1.807) is 0 Å². The van der Waals surface area contributed by atoms with E-state index in [0.717, 1.165) is 25.8 Å². The summed E-state index contributed by atoms with van der Waals surface area (Å²) in [6.45, 7) is 5.19. The van der Waals surface area contributed by atoms with Crippen LogP contribution in [0.25, 0.3) is 0 Å². The number of carboxylic acid groups (broad SMARTS) is 1. The number of nitrogens with zero attached hydrogens (tertiary/aromatic N) is 1. The third-order valence-corrected chi connectivity index (χ3v) is 4.33. The molecule has 2 fully saturated rings. The van der Waals surface area contributed by atoms with E-state index < -0.39 is 11.9 Å². The number of hydrogen-bond donors (Lipinski definition) is 1. The molecule has 0 aromatic carbocycles. The molecule has 1 amide bonds. The molecule has 1 aliphatic carbocycles. The van der Waals surface area contributed by atoms with Crippen LogP contribution in [0.2, 0.25) is 0 Å². The van der Waals surface area contributed by atoms with Crippen molar-refractivity contribution < 1.29 is 14.7 Å². The molecule has 1 aliphatic heterocycles. The molecule has 0 aromatic heterocycles. The van der Waals surface area contributed by atoms with Gasteiger partial charge in [-0.2, -0.15) is 0 Å². The van der Waals surface area contributed by atoms with Gasteiger partial charge in [0.2, 0.25) is 5.91 Å². The van der Waals surface area contributed by atoms with Crippen LogP contribution >= 0.6 is 0 Å². The van der Waals surface area contributed by atoms with Crippen LogP contribution in [0.5, 0.6) is 0 Å². The Morgan fingerprint density at radius 3 is 2.53 bits per heavy atom. The zero-order valence-electron chi connectivity index (χ0n) is 12.0. The normalized spacial score (nSPS) is 31.1. The number of amides is 1. The maximum atomic E-state index is 12.5. The quantitative estimate of drug-likeness (QED) is 0.851. The molecule has 1 saturated heterocycles. The van der Waals surface area contributed by atoms with Crippen LogP contribution in [0.1, 0.15) is 52.4 Å². The molecule has 0 bridgehead atoms. The lowest BCUT2D eigenvalue weighted by atomic mass is 9.98. The summed E-state index contributed by atoms with van der Waals surface area (Å²) in [5.74, 6) is -0.804. The molecule has 3 unspecified atom stereocenters. The molecule has 0 spiro atoms. The van der Waals surface area contributed by atoms with Crippen molar-refractivity contribution in [2.24, 2.45) is 17.8 Å². The first-order valence-corrected chi connectivity index (χ1v) is 7.54. The highest BCUT2D eigenvalue weighted by Gasteiger charge is 2.50. The van der Waals surface area contributed by atoms with E-state index in [9.17, 15) is 9.59 Å². The largest absolute Gasteiger partial charge is 0.481 e. The number of aliphatic carboxylic acids is 1. The minimum atomic E-state index is -0.811. The first-order chi connectivity index (χ1) is 9.00. The topological polar surface area (TPSA) is 57.6 Å². The highest BCUT2D eigenvalue weighted by molar-refractivity contribution is 5.89. The Kier molecular flexibility index (Phi) is 4.48. The van der Waals surface area contributed by atoms with E-state index in [1.165, 1.54) is 12.8 Å². The lowest BCUT2D eigenvalue weighted by Crippen LogP contribution is -2.42. The second-order valence-electron chi connectivity index (χ2n) is 6.45. The van der Waals surface area contributed by atoms with Crippen molar-refractivity contribution in [3.8, 4) is 0 Å². The number of hydrogen-bond acceptors (Lipinski definition) is 2. The van der Waals surface area contributed by atoms with Gasteiger partial charge in [-0.15, -0.1) is 0 Å². The zero-order valence-corrected chi connectivity index (χ0v) is 12.0. The Balaban J connectivity index is 2.01. The number of rotatable bonds is 4. The number of carbonyl (C=O) groups is 2. The van der Waals surface area contributed by atoms with Crippen molar-refractivity contribution in [2.75, 3.05) is 6.54 Å². The van der Waals surface area contributed by atoms with Crippen LogP contribution in [0.4, 0.5) is 0 Å². The van der Waals surface area contributed by atoms with E-state index in [-0.39, 0.29) is 11.8 Å². The number of carboxylic acids is 1. The summed E-state index contributed by atoms with van der Waals surface area (Å²) in [5, 5.41) is 8.97. The summed E-state index contributed by atoms with van der Waals surface area (Å²) in [6, 6.07) is 0.324. The molecule has 19 heavy (non-hydrogen) atoms. The van der Waals surface area contributed by atoms with Crippen molar-refractivity contribution in [3.63, 3.8) is 0 Å². The maximum absolute atomic E-state index is 12.5. The molecule has 3 atom stereocenters. The van der Waals surface area contributed by atoms with Gasteiger partial charge in [0.25, 0.3) is 0 Å². The van der Waals surface area contributed by atoms with E-state index in [1.807, 2.05) is 4.90 Å². The standard InChI is InChI=1S/C15H25NO3/c1-10(2)8-11-6-4-3-5-7-16(11)14(17)12-9-13(12)15(18)19/h10-13H,3-9H2,1-2H3,(H,18,19). The Labute approximate surface area is 115 Å². The van der Waals surface area contributed by atoms with Gasteiger partial charge in [0, 0.05) is 12.6 Å². The summed E-state index contributed by atoms with van der Waals surface area (Å²) in [5.41, 5.74) is 0. The summed E-state index contributed by atoms with van der Waals surface area (Å²) < 4.78 is 0. The van der Waals surface area contributed by atoms with Gasteiger partial charge >= 0.3 is 5.97 Å². The average molecular weight is 267 g/mol. The van der Waals surface area contributed by atoms with Crippen molar-refractivity contribution in [1.29, 1.82) is 0 Å². The minimum Gasteiger partial charge on any atom is -0.481 e. The first kappa shape index (κ1) is 14.4. The fraction of sp³-hybridized carbons (Fsp3) is 0.867. The molecule has 4 heteroatoms. The predicted octanol–water partition coefficient (Wildman–Crippen LogP) is 2.52. The van der Waals surface area contributed by atoms with Gasteiger partial charge in [-0.25, -0.2) is 0 Å². The first-order valence-electron chi connectivity index (χ1n) is 7.54. The molecule has 108 valence electrons. The molecule has 1 N–H and O–H groups in total. The van der Waals surface area contributed by atoms with E-state index in [2.05, 4.69) is 13.8 Å². The number of carbonyl (C=O) groups excluding carboxylic acids is 1. The van der Waals surface area contributed by atoms with Crippen LogP contribution < -0.4 is 0 Å². The van der Waals surface area contributed by atoms with Crippen LogP contribution in [0.3, 0.4) is 0 Å². The monoisotopic (exact) mass is 267 g/mol. The van der Waals surface area contributed by atoms with E-state index in [4.69, 9.17) is 5.11 Å². The van der Waals surface area contributed by atoms with Crippen LogP contribution in [0.15, 0.2) is 0 Å². The zero-order chi connectivity index (χ0) is 14.0. The van der Waals surface area contributed by atoms with E-state index in [0.29, 0.717) is 18.4 Å². The van der Waals surface area contributed by atoms with Crippen LogP contribution in [-0.2, 0) is 9.59 Å². The van der Waals surface area contributed by atoms with Gasteiger partial charge in [0.1, 0.15) is 0 Å². The smallest absolute Gasteiger partial charge is 0.307 e. The third kappa shape index (κ3) is 3.48. The fourth-order valence-corrected chi connectivity index (χ4v) is 3.21. The molecule has 4 nitrogen and oxygen atoms in total. The van der Waals surface area contributed by atoms with E-state index >= 15 is 0 Å². The Morgan fingerprint density at radius 2 is 1.95 bits per heavy atom. The third-order valence-electron chi connectivity index (χ3n) is 4.33. The Bertz CT molecular complexity index is 353. The molecule has 2 rings (SSSR count). The molecule has 0 radical (unpaired) electrons. The average Bonchev–Trinajstić information content (AvgIpc) is 3.11. The van der Waals surface area contributed by atoms with Gasteiger partial charge in [-0.3, -0.25) is 9.59 Å². The van der Waals surface area contributed by atoms with Crippen molar-refractivity contribution in [1.82, 2.24) is 4.90 Å². The van der Waals surface area contributed by atoms with Crippen molar-refractivity contribution >= 4 is 11.9 Å². The highest BCUT2D eigenvalue weighted by atomic mass is 16.4. The molecular formula is C15H25NO3. The SMILES string of the molecule is CC(C)CC1CCCCCN1C(=O)C1CC1C(=O)O. The van der Waals surface area contributed by atoms with Gasteiger partial charge < -0.3 is 10.0 Å². The summed E-state index contributed by atoms with van der Waals surface area (Å²) in [6.07, 6.45) is 6.09. The van der Waals surface area contributed by atoms with Gasteiger partial charge in [0.05, 0.1) is 11.8 Å². The van der Waals surface area contributed by atoms with Gasteiger partial charge in [-0.05, 0) is 31.6 Å². The van der Waals surface area contributed by atoms with Gasteiger partial charge in [-0.1, -0.05) is 26.7 Å². The summed E-state index contributed by atoms with van der Waals surface area (Å²) in [7, 11) is 0. The number of likely N-dealkylation sites (tertiary alicyclic amines) is 1. The van der Waals surface area contributed by atoms with Gasteiger partial charge in [0.15, 0.2) is 0 Å². The second-order valence-corrected chi connectivity index (χ2v) is 6.45. The minimum absolute atomic E-state index is 0.0972. The lowest BCUT2D eigenvalue weighted by Gasteiger charge is -2.31. The molecule has 2 aliphatic rings.